The lowest BCUT2D eigenvalue weighted by Crippen LogP contribution is -2.53. The normalized spacial score (nSPS) is 23.6. The second kappa shape index (κ2) is 9.26. The fourth-order valence-electron chi connectivity index (χ4n) is 5.02. The number of carbonyl (C=O) groups is 2. The van der Waals surface area contributed by atoms with E-state index in [4.69, 9.17) is 4.52 Å². The summed E-state index contributed by atoms with van der Waals surface area (Å²) in [7, 11) is 0. The van der Waals surface area contributed by atoms with Crippen LogP contribution in [0, 0.1) is 5.92 Å². The van der Waals surface area contributed by atoms with Gasteiger partial charge in [0.2, 0.25) is 17.7 Å². The zero-order chi connectivity index (χ0) is 20.2. The summed E-state index contributed by atoms with van der Waals surface area (Å²) in [5.41, 5.74) is 0. The van der Waals surface area contributed by atoms with E-state index in [9.17, 15) is 9.59 Å². The second-order valence-electron chi connectivity index (χ2n) is 9.05. The van der Waals surface area contributed by atoms with Gasteiger partial charge < -0.3 is 14.3 Å². The fourth-order valence-corrected chi connectivity index (χ4v) is 5.02. The van der Waals surface area contributed by atoms with Gasteiger partial charge in [-0.05, 0) is 38.5 Å². The van der Waals surface area contributed by atoms with Crippen molar-refractivity contribution in [3.63, 3.8) is 0 Å². The Morgan fingerprint density at radius 3 is 2.55 bits per heavy atom. The first-order chi connectivity index (χ1) is 14.1. The van der Waals surface area contributed by atoms with Crippen LogP contribution in [0.4, 0.5) is 0 Å². The maximum absolute atomic E-state index is 13.0. The highest BCUT2D eigenvalue weighted by Gasteiger charge is 2.33. The Hall–Kier alpha value is -1.92. The van der Waals surface area contributed by atoms with E-state index in [0.717, 1.165) is 51.0 Å². The van der Waals surface area contributed by atoms with Gasteiger partial charge in [0.1, 0.15) is 0 Å². The summed E-state index contributed by atoms with van der Waals surface area (Å²) in [6.45, 7) is 3.69. The number of carbonyl (C=O) groups excluding carboxylic acids is 2. The molecule has 1 unspecified atom stereocenters. The van der Waals surface area contributed by atoms with E-state index in [-0.39, 0.29) is 17.9 Å². The van der Waals surface area contributed by atoms with Gasteiger partial charge in [0.15, 0.2) is 5.82 Å². The zero-order valence-corrected chi connectivity index (χ0v) is 17.6. The summed E-state index contributed by atoms with van der Waals surface area (Å²) < 4.78 is 5.41. The van der Waals surface area contributed by atoms with Crippen molar-refractivity contribution < 1.29 is 14.1 Å². The molecule has 1 aliphatic heterocycles. The van der Waals surface area contributed by atoms with E-state index >= 15 is 0 Å². The molecule has 1 aromatic heterocycles. The molecular formula is C22H34N4O3. The minimum absolute atomic E-state index is 0.0599. The Kier molecular flexibility index (Phi) is 6.50. The first-order valence-electron chi connectivity index (χ1n) is 11.5. The molecule has 2 heterocycles. The summed E-state index contributed by atoms with van der Waals surface area (Å²) >= 11 is 0. The maximum Gasteiger partial charge on any atom is 0.229 e. The SMILES string of the molecule is CC(=O)N(CCc1noc(C2CCC2)n1)C1CCCN(C(=O)C2CCCCC2)C1. The standard InChI is InChI=1S/C22H34N4O3/c1-16(27)26(14-12-20-23-21(29-24-20)17-9-5-10-17)19-11-6-13-25(15-19)22(28)18-7-3-2-4-8-18/h17-19H,2-15H2,1H3. The number of aromatic nitrogens is 2. The summed E-state index contributed by atoms with van der Waals surface area (Å²) in [6, 6.07) is 0.0896. The summed E-state index contributed by atoms with van der Waals surface area (Å²) in [5, 5.41) is 4.11. The van der Waals surface area contributed by atoms with Gasteiger partial charge in [-0.3, -0.25) is 9.59 Å². The van der Waals surface area contributed by atoms with Crippen molar-refractivity contribution in [3.05, 3.63) is 11.7 Å². The Morgan fingerprint density at radius 1 is 1.07 bits per heavy atom. The molecule has 29 heavy (non-hydrogen) atoms. The van der Waals surface area contributed by atoms with Crippen LogP contribution in [0.2, 0.25) is 0 Å². The van der Waals surface area contributed by atoms with Gasteiger partial charge in [-0.1, -0.05) is 30.8 Å². The third kappa shape index (κ3) is 4.81. The third-order valence-corrected chi connectivity index (χ3v) is 7.02. The lowest BCUT2D eigenvalue weighted by molar-refractivity contribution is -0.142. The average molecular weight is 403 g/mol. The van der Waals surface area contributed by atoms with Gasteiger partial charge >= 0.3 is 0 Å². The topological polar surface area (TPSA) is 79.5 Å². The molecule has 1 atom stereocenters. The molecule has 2 saturated carbocycles. The highest BCUT2D eigenvalue weighted by Crippen LogP contribution is 2.35. The molecule has 3 fully saturated rings. The van der Waals surface area contributed by atoms with Gasteiger partial charge in [0, 0.05) is 50.9 Å². The van der Waals surface area contributed by atoms with E-state index < -0.39 is 0 Å². The molecule has 2 amide bonds. The first-order valence-corrected chi connectivity index (χ1v) is 11.5. The predicted molar refractivity (Wildman–Crippen MR) is 108 cm³/mol. The summed E-state index contributed by atoms with van der Waals surface area (Å²) in [6.07, 6.45) is 11.7. The van der Waals surface area contributed by atoms with Crippen molar-refractivity contribution in [2.75, 3.05) is 19.6 Å². The van der Waals surface area contributed by atoms with Gasteiger partial charge in [-0.2, -0.15) is 4.98 Å². The number of nitrogens with zero attached hydrogens (tertiary/aromatic N) is 4. The van der Waals surface area contributed by atoms with Crippen molar-refractivity contribution in [2.24, 2.45) is 5.92 Å². The lowest BCUT2D eigenvalue weighted by Gasteiger charge is -2.40. The van der Waals surface area contributed by atoms with E-state index in [1.807, 2.05) is 9.80 Å². The van der Waals surface area contributed by atoms with Gasteiger partial charge in [0.05, 0.1) is 0 Å². The summed E-state index contributed by atoms with van der Waals surface area (Å²) in [4.78, 5) is 33.8. The molecule has 0 N–H and O–H groups in total. The molecule has 4 rings (SSSR count). The van der Waals surface area contributed by atoms with Crippen LogP contribution >= 0.6 is 0 Å². The van der Waals surface area contributed by atoms with Crippen LogP contribution in [0.3, 0.4) is 0 Å². The van der Waals surface area contributed by atoms with Gasteiger partial charge in [0.25, 0.3) is 0 Å². The van der Waals surface area contributed by atoms with Crippen molar-refractivity contribution in [2.45, 2.75) is 89.5 Å². The number of hydrogen-bond donors (Lipinski definition) is 0. The highest BCUT2D eigenvalue weighted by molar-refractivity contribution is 5.79. The zero-order valence-electron chi connectivity index (χ0n) is 17.6. The number of piperidine rings is 1. The van der Waals surface area contributed by atoms with Crippen LogP contribution in [0.5, 0.6) is 0 Å². The molecule has 0 aromatic carbocycles. The van der Waals surface area contributed by atoms with E-state index in [2.05, 4.69) is 10.1 Å². The van der Waals surface area contributed by atoms with Gasteiger partial charge in [-0.25, -0.2) is 0 Å². The van der Waals surface area contributed by atoms with Crippen LogP contribution < -0.4 is 0 Å². The lowest BCUT2D eigenvalue weighted by atomic mass is 9.85. The van der Waals surface area contributed by atoms with Crippen LogP contribution in [0.15, 0.2) is 4.52 Å². The smallest absolute Gasteiger partial charge is 0.229 e. The van der Waals surface area contributed by atoms with E-state index in [1.165, 1.54) is 25.7 Å². The van der Waals surface area contributed by atoms with Crippen molar-refractivity contribution in [3.8, 4) is 0 Å². The molecular weight excluding hydrogens is 368 g/mol. The molecule has 0 radical (unpaired) electrons. The molecule has 160 valence electrons. The summed E-state index contributed by atoms with van der Waals surface area (Å²) in [5.74, 6) is 2.42. The van der Waals surface area contributed by atoms with Crippen molar-refractivity contribution in [1.82, 2.24) is 19.9 Å². The molecule has 3 aliphatic rings. The molecule has 7 heteroatoms. The Bertz CT molecular complexity index is 709. The minimum Gasteiger partial charge on any atom is -0.340 e. The monoisotopic (exact) mass is 402 g/mol. The Balaban J connectivity index is 1.34. The quantitative estimate of drug-likeness (QED) is 0.729. The van der Waals surface area contributed by atoms with Crippen molar-refractivity contribution >= 4 is 11.8 Å². The largest absolute Gasteiger partial charge is 0.340 e. The number of likely N-dealkylation sites (tertiary alicyclic amines) is 1. The second-order valence-corrected chi connectivity index (χ2v) is 9.05. The molecule has 0 bridgehead atoms. The molecule has 2 aliphatic carbocycles. The van der Waals surface area contributed by atoms with Crippen LogP contribution in [0.25, 0.3) is 0 Å². The fraction of sp³-hybridized carbons (Fsp3) is 0.818. The minimum atomic E-state index is 0.0599. The average Bonchev–Trinajstić information content (AvgIpc) is 3.15. The van der Waals surface area contributed by atoms with E-state index in [1.54, 1.807) is 6.92 Å². The van der Waals surface area contributed by atoms with Crippen LogP contribution in [0.1, 0.15) is 88.8 Å². The van der Waals surface area contributed by atoms with Crippen LogP contribution in [-0.2, 0) is 16.0 Å². The maximum atomic E-state index is 13.0. The van der Waals surface area contributed by atoms with E-state index in [0.29, 0.717) is 37.2 Å². The van der Waals surface area contributed by atoms with Gasteiger partial charge in [-0.15, -0.1) is 0 Å². The molecule has 7 nitrogen and oxygen atoms in total. The Morgan fingerprint density at radius 2 is 1.86 bits per heavy atom. The van der Waals surface area contributed by atoms with Crippen molar-refractivity contribution in [1.29, 1.82) is 0 Å². The predicted octanol–water partition coefficient (Wildman–Crippen LogP) is 3.30. The third-order valence-electron chi connectivity index (χ3n) is 7.02. The number of amides is 2. The molecule has 0 spiro atoms. The highest BCUT2D eigenvalue weighted by atomic mass is 16.5. The van der Waals surface area contributed by atoms with Crippen LogP contribution in [-0.4, -0.2) is 57.4 Å². The molecule has 1 aromatic rings. The number of hydrogen-bond acceptors (Lipinski definition) is 5. The first kappa shape index (κ1) is 20.4. The number of rotatable bonds is 6. The Labute approximate surface area is 173 Å². The molecule has 1 saturated heterocycles.